The van der Waals surface area contributed by atoms with Gasteiger partial charge in [0.25, 0.3) is 0 Å². The molecule has 2 heterocycles. The minimum Gasteiger partial charge on any atom is -0.330 e. The molecule has 0 saturated heterocycles. The summed E-state index contributed by atoms with van der Waals surface area (Å²) >= 11 is 14.3. The van der Waals surface area contributed by atoms with Crippen molar-refractivity contribution >= 4 is 50.5 Å². The van der Waals surface area contributed by atoms with Crippen LogP contribution in [0.3, 0.4) is 0 Å². The average molecular weight is 538 g/mol. The monoisotopic (exact) mass is 536 g/mol. The Balaban J connectivity index is 1.69. The van der Waals surface area contributed by atoms with Gasteiger partial charge in [-0.05, 0) is 74.0 Å². The predicted molar refractivity (Wildman–Crippen MR) is 138 cm³/mol. The zero-order valence-electron chi connectivity index (χ0n) is 19.2. The molecular formula is C25H26Cl2N2O3S2. The molecule has 1 aliphatic rings. The molecule has 2 aromatic carbocycles. The Morgan fingerprint density at radius 1 is 1.12 bits per heavy atom. The van der Waals surface area contributed by atoms with Gasteiger partial charge in [0.05, 0.1) is 17.5 Å². The third kappa shape index (κ3) is 4.90. The number of hydrogen-bond donors (Lipinski definition) is 0. The first-order valence-corrected chi connectivity index (χ1v) is 14.1. The molecule has 0 aliphatic carbocycles. The number of fused-ring (bicyclic) bond motifs is 1. The zero-order chi connectivity index (χ0) is 24.6. The van der Waals surface area contributed by atoms with Crippen LogP contribution in [-0.2, 0) is 21.2 Å². The lowest BCUT2D eigenvalue weighted by Crippen LogP contribution is -2.48. The van der Waals surface area contributed by atoms with E-state index < -0.39 is 22.1 Å². The van der Waals surface area contributed by atoms with E-state index in [1.54, 1.807) is 66.5 Å². The highest BCUT2D eigenvalue weighted by atomic mass is 35.5. The standard InChI is InChI=1S/C25H26Cl2N2O3S2/c1-16(2)29(34(31,32)19-7-4-17(3)5-8-19)15-24(30)28-12-10-23-21(11-13-33-23)25(28)20-9-6-18(26)14-22(20)27/h4-9,11,13-14,16,25H,10,12,15H2,1-3H3. The molecule has 1 atom stereocenters. The highest BCUT2D eigenvalue weighted by Gasteiger charge is 2.37. The molecule has 1 amide bonds. The summed E-state index contributed by atoms with van der Waals surface area (Å²) < 4.78 is 28.1. The van der Waals surface area contributed by atoms with Gasteiger partial charge in [0.2, 0.25) is 15.9 Å². The average Bonchev–Trinajstić information content (AvgIpc) is 3.26. The Kier molecular flexibility index (Phi) is 7.41. The lowest BCUT2D eigenvalue weighted by Gasteiger charge is -2.38. The molecule has 1 aliphatic heterocycles. The van der Waals surface area contributed by atoms with Gasteiger partial charge in [-0.15, -0.1) is 11.3 Å². The van der Waals surface area contributed by atoms with Crippen LogP contribution in [0.15, 0.2) is 58.8 Å². The maximum absolute atomic E-state index is 13.7. The lowest BCUT2D eigenvalue weighted by atomic mass is 9.93. The van der Waals surface area contributed by atoms with Gasteiger partial charge in [-0.25, -0.2) is 8.42 Å². The van der Waals surface area contributed by atoms with Crippen molar-refractivity contribution in [2.75, 3.05) is 13.1 Å². The second-order valence-corrected chi connectivity index (χ2v) is 12.4. The molecule has 5 nitrogen and oxygen atoms in total. The van der Waals surface area contributed by atoms with Crippen LogP contribution in [0.25, 0.3) is 0 Å². The summed E-state index contributed by atoms with van der Waals surface area (Å²) in [6.07, 6.45) is 0.715. The second-order valence-electron chi connectivity index (χ2n) is 8.66. The first-order chi connectivity index (χ1) is 16.1. The third-order valence-corrected chi connectivity index (χ3v) is 9.63. The fourth-order valence-corrected chi connectivity index (χ4v) is 7.26. The van der Waals surface area contributed by atoms with E-state index in [0.29, 0.717) is 23.0 Å². The number of carbonyl (C=O) groups is 1. The fraction of sp³-hybridized carbons (Fsp3) is 0.320. The molecular weight excluding hydrogens is 511 g/mol. The van der Waals surface area contributed by atoms with Crippen molar-refractivity contribution in [3.63, 3.8) is 0 Å². The van der Waals surface area contributed by atoms with Gasteiger partial charge in [-0.2, -0.15) is 4.31 Å². The van der Waals surface area contributed by atoms with Gasteiger partial charge < -0.3 is 4.90 Å². The largest absolute Gasteiger partial charge is 0.330 e. The number of rotatable bonds is 6. The van der Waals surface area contributed by atoms with E-state index in [1.165, 1.54) is 9.18 Å². The highest BCUT2D eigenvalue weighted by Crippen LogP contribution is 2.41. The Morgan fingerprint density at radius 2 is 1.82 bits per heavy atom. The molecule has 9 heteroatoms. The first-order valence-electron chi connectivity index (χ1n) is 11.0. The Labute approximate surface area is 215 Å². The molecule has 1 unspecified atom stereocenters. The minimum atomic E-state index is -3.85. The summed E-state index contributed by atoms with van der Waals surface area (Å²) in [5.74, 6) is -0.266. The van der Waals surface area contributed by atoms with Crippen LogP contribution in [0, 0.1) is 6.92 Å². The Bertz CT molecular complexity index is 1300. The maximum atomic E-state index is 13.7. The molecule has 0 fully saturated rings. The molecule has 0 saturated carbocycles. The number of aryl methyl sites for hydroxylation is 1. The van der Waals surface area contributed by atoms with E-state index in [4.69, 9.17) is 23.2 Å². The van der Waals surface area contributed by atoms with E-state index in [-0.39, 0.29) is 17.3 Å². The molecule has 0 bridgehead atoms. The van der Waals surface area contributed by atoms with Crippen LogP contribution in [0.4, 0.5) is 0 Å². The van der Waals surface area contributed by atoms with E-state index in [1.807, 2.05) is 24.4 Å². The van der Waals surface area contributed by atoms with Crippen LogP contribution in [0.5, 0.6) is 0 Å². The summed E-state index contributed by atoms with van der Waals surface area (Å²) in [6.45, 7) is 5.68. The number of carbonyl (C=O) groups excluding carboxylic acids is 1. The topological polar surface area (TPSA) is 57.7 Å². The van der Waals surface area contributed by atoms with Gasteiger partial charge >= 0.3 is 0 Å². The van der Waals surface area contributed by atoms with E-state index in [0.717, 1.165) is 16.7 Å². The normalized spacial score (nSPS) is 16.2. The Hall–Kier alpha value is -1.90. The quantitative estimate of drug-likeness (QED) is 0.391. The number of benzene rings is 2. The summed E-state index contributed by atoms with van der Waals surface area (Å²) in [4.78, 5) is 16.8. The number of hydrogen-bond acceptors (Lipinski definition) is 4. The molecule has 0 spiro atoms. The van der Waals surface area contributed by atoms with E-state index in [9.17, 15) is 13.2 Å². The molecule has 34 heavy (non-hydrogen) atoms. The van der Waals surface area contributed by atoms with Crippen LogP contribution >= 0.6 is 34.5 Å². The van der Waals surface area contributed by atoms with Crippen LogP contribution in [-0.4, -0.2) is 42.7 Å². The van der Waals surface area contributed by atoms with Crippen molar-refractivity contribution in [2.45, 2.75) is 44.2 Å². The SMILES string of the molecule is Cc1ccc(S(=O)(=O)N(CC(=O)N2CCc3sccc3C2c2ccc(Cl)cc2Cl)C(C)C)cc1. The third-order valence-electron chi connectivity index (χ3n) is 6.04. The van der Waals surface area contributed by atoms with Crippen molar-refractivity contribution in [3.05, 3.63) is 85.5 Å². The van der Waals surface area contributed by atoms with Gasteiger partial charge in [0, 0.05) is 27.5 Å². The highest BCUT2D eigenvalue weighted by molar-refractivity contribution is 7.89. The molecule has 1 aromatic heterocycles. The minimum absolute atomic E-state index is 0.177. The van der Waals surface area contributed by atoms with Gasteiger partial charge in [-0.3, -0.25) is 4.79 Å². The maximum Gasteiger partial charge on any atom is 0.243 e. The van der Waals surface area contributed by atoms with Crippen LogP contribution in [0.2, 0.25) is 10.0 Å². The van der Waals surface area contributed by atoms with Crippen molar-refractivity contribution < 1.29 is 13.2 Å². The van der Waals surface area contributed by atoms with E-state index in [2.05, 4.69) is 0 Å². The number of thiophene rings is 1. The van der Waals surface area contributed by atoms with Crippen molar-refractivity contribution in [3.8, 4) is 0 Å². The number of halogens is 2. The molecule has 180 valence electrons. The fourth-order valence-electron chi connectivity index (χ4n) is 4.26. The van der Waals surface area contributed by atoms with Gasteiger partial charge in [0.15, 0.2) is 0 Å². The number of nitrogens with zero attached hydrogens (tertiary/aromatic N) is 2. The van der Waals surface area contributed by atoms with Crippen molar-refractivity contribution in [2.24, 2.45) is 0 Å². The number of amides is 1. The first kappa shape index (κ1) is 25.2. The Morgan fingerprint density at radius 3 is 2.47 bits per heavy atom. The van der Waals surface area contributed by atoms with Crippen molar-refractivity contribution in [1.29, 1.82) is 0 Å². The second kappa shape index (κ2) is 9.99. The van der Waals surface area contributed by atoms with Gasteiger partial charge in [0.1, 0.15) is 0 Å². The lowest BCUT2D eigenvalue weighted by molar-refractivity contribution is -0.133. The summed E-state index contributed by atoms with van der Waals surface area (Å²) in [6, 6.07) is 13.2. The van der Waals surface area contributed by atoms with Crippen LogP contribution in [0.1, 0.15) is 41.5 Å². The van der Waals surface area contributed by atoms with Crippen LogP contribution < -0.4 is 0 Å². The summed E-state index contributed by atoms with van der Waals surface area (Å²) in [5, 5.41) is 3.00. The summed E-state index contributed by atoms with van der Waals surface area (Å²) in [5.41, 5.74) is 2.76. The molecule has 0 radical (unpaired) electrons. The molecule has 3 aromatic rings. The smallest absolute Gasteiger partial charge is 0.243 e. The van der Waals surface area contributed by atoms with Gasteiger partial charge in [-0.1, -0.05) is 47.0 Å². The predicted octanol–water partition coefficient (Wildman–Crippen LogP) is 5.94. The zero-order valence-corrected chi connectivity index (χ0v) is 22.3. The summed E-state index contributed by atoms with van der Waals surface area (Å²) in [7, 11) is -3.85. The molecule has 4 rings (SSSR count). The van der Waals surface area contributed by atoms with E-state index >= 15 is 0 Å². The molecule has 0 N–H and O–H groups in total. The van der Waals surface area contributed by atoms with Crippen molar-refractivity contribution in [1.82, 2.24) is 9.21 Å². The number of sulfonamides is 1.